The second-order valence-electron chi connectivity index (χ2n) is 6.91. The molecule has 3 amide bonds. The first-order valence-electron chi connectivity index (χ1n) is 9.66. The number of hydrogen-bond acceptors (Lipinski definition) is 7. The summed E-state index contributed by atoms with van der Waals surface area (Å²) in [5, 5.41) is 15.9. The molecular formula is C17H35N3O6Si. The predicted molar refractivity (Wildman–Crippen MR) is 103 cm³/mol. The molecule has 0 spiro atoms. The van der Waals surface area contributed by atoms with Crippen LogP contribution in [0.3, 0.4) is 0 Å². The normalized spacial score (nSPS) is 18.1. The smallest absolute Gasteiger partial charge is 0.390 e. The summed E-state index contributed by atoms with van der Waals surface area (Å²) in [4.78, 5) is 25.0. The Morgan fingerprint density at radius 3 is 2.15 bits per heavy atom. The van der Waals surface area contributed by atoms with Gasteiger partial charge in [-0.05, 0) is 47.6 Å². The van der Waals surface area contributed by atoms with Crippen LogP contribution in [-0.2, 0) is 18.1 Å². The summed E-state index contributed by atoms with van der Waals surface area (Å²) in [5.74, 6) is -0.326. The van der Waals surface area contributed by atoms with E-state index < -0.39 is 26.5 Å². The quantitative estimate of drug-likeness (QED) is 0.222. The molecule has 1 saturated heterocycles. The first-order chi connectivity index (χ1) is 12.7. The summed E-state index contributed by atoms with van der Waals surface area (Å²) >= 11 is 0. The Labute approximate surface area is 163 Å². The lowest BCUT2D eigenvalue weighted by atomic mass is 10.1. The van der Waals surface area contributed by atoms with Crippen molar-refractivity contribution in [1.29, 1.82) is 0 Å². The summed E-state index contributed by atoms with van der Waals surface area (Å²) in [5.41, 5.74) is -0.921. The van der Waals surface area contributed by atoms with Crippen LogP contribution in [0.2, 0.25) is 6.04 Å². The Hall–Kier alpha value is -1.04. The number of aliphatic hydroxyl groups is 1. The molecule has 9 nitrogen and oxygen atoms in total. The maximum Gasteiger partial charge on any atom is 0.500 e. The second-order valence-corrected chi connectivity index (χ2v) is 9.65. The van der Waals surface area contributed by atoms with Crippen molar-refractivity contribution in [2.24, 2.45) is 0 Å². The van der Waals surface area contributed by atoms with Crippen molar-refractivity contribution in [3.8, 4) is 0 Å². The van der Waals surface area contributed by atoms with E-state index in [-0.39, 0.29) is 19.0 Å². The molecule has 0 aliphatic carbocycles. The van der Waals surface area contributed by atoms with Crippen molar-refractivity contribution >= 4 is 20.7 Å². The van der Waals surface area contributed by atoms with Crippen molar-refractivity contribution in [3.63, 3.8) is 0 Å². The number of nitrogens with one attached hydrogen (secondary N) is 2. The third-order valence-electron chi connectivity index (χ3n) is 4.15. The highest BCUT2D eigenvalue weighted by Gasteiger charge is 2.44. The minimum Gasteiger partial charge on any atom is -0.390 e. The number of urea groups is 1. The number of aliphatic hydroxyl groups excluding tert-OH is 1. The van der Waals surface area contributed by atoms with Crippen molar-refractivity contribution in [1.82, 2.24) is 15.5 Å². The number of imide groups is 1. The number of rotatable bonds is 14. The second kappa shape index (κ2) is 11.1. The van der Waals surface area contributed by atoms with Crippen LogP contribution in [0.15, 0.2) is 0 Å². The number of carbonyl (C=O) groups excluding carboxylic acids is 2. The van der Waals surface area contributed by atoms with E-state index in [1.165, 1.54) is 0 Å². The fourth-order valence-electron chi connectivity index (χ4n) is 2.96. The number of β-amino-alcohol motifs (C(OH)–C–C–N with tert-alkyl or cyclic N) is 1. The molecule has 3 N–H and O–H groups in total. The topological polar surface area (TPSA) is 109 Å². The van der Waals surface area contributed by atoms with E-state index >= 15 is 0 Å². The molecule has 10 heteroatoms. The van der Waals surface area contributed by atoms with Gasteiger partial charge in [-0.25, -0.2) is 4.79 Å². The van der Waals surface area contributed by atoms with Crippen LogP contribution in [0.25, 0.3) is 0 Å². The van der Waals surface area contributed by atoms with Gasteiger partial charge in [0.25, 0.3) is 5.91 Å². The Kier molecular flexibility index (Phi) is 9.85. The first-order valence-corrected chi connectivity index (χ1v) is 11.6. The molecule has 27 heavy (non-hydrogen) atoms. The van der Waals surface area contributed by atoms with Gasteiger partial charge in [0.15, 0.2) is 0 Å². The molecule has 0 bridgehead atoms. The third-order valence-corrected chi connectivity index (χ3v) is 7.30. The van der Waals surface area contributed by atoms with Gasteiger partial charge in [-0.15, -0.1) is 0 Å². The lowest BCUT2D eigenvalue weighted by Crippen LogP contribution is -2.46. The molecule has 1 fully saturated rings. The molecule has 1 rings (SSSR count). The average molecular weight is 406 g/mol. The fraction of sp³-hybridized carbons (Fsp3) is 0.882. The van der Waals surface area contributed by atoms with Gasteiger partial charge < -0.3 is 29.0 Å². The van der Waals surface area contributed by atoms with Crippen molar-refractivity contribution in [2.45, 2.75) is 58.7 Å². The highest BCUT2D eigenvalue weighted by Crippen LogP contribution is 2.18. The van der Waals surface area contributed by atoms with Crippen LogP contribution in [0.5, 0.6) is 0 Å². The van der Waals surface area contributed by atoms with E-state index in [9.17, 15) is 14.7 Å². The van der Waals surface area contributed by atoms with Gasteiger partial charge in [-0.1, -0.05) is 0 Å². The van der Waals surface area contributed by atoms with Gasteiger partial charge >= 0.3 is 14.8 Å². The van der Waals surface area contributed by atoms with Crippen LogP contribution >= 0.6 is 0 Å². The van der Waals surface area contributed by atoms with Crippen molar-refractivity contribution in [2.75, 3.05) is 39.5 Å². The van der Waals surface area contributed by atoms with Crippen LogP contribution < -0.4 is 10.6 Å². The van der Waals surface area contributed by atoms with E-state index in [0.29, 0.717) is 32.4 Å². The van der Waals surface area contributed by atoms with E-state index in [4.69, 9.17) is 13.3 Å². The lowest BCUT2D eigenvalue weighted by Gasteiger charge is -2.28. The highest BCUT2D eigenvalue weighted by atomic mass is 28.4. The minimum absolute atomic E-state index is 0.0311. The molecular weight excluding hydrogens is 370 g/mol. The lowest BCUT2D eigenvalue weighted by molar-refractivity contribution is -0.131. The summed E-state index contributed by atoms with van der Waals surface area (Å²) in [6.45, 7) is 11.6. The minimum atomic E-state index is -2.64. The van der Waals surface area contributed by atoms with Crippen LogP contribution in [-0.4, -0.2) is 81.8 Å². The molecule has 1 atom stereocenters. The molecule has 1 aliphatic heterocycles. The Morgan fingerprint density at radius 2 is 1.70 bits per heavy atom. The standard InChI is InChI=1S/C17H35N3O6Si/c1-6-24-27(25-7-2,26-8-3)11-9-10-18-12-14(21)13-20-15(22)17(4,5)19-16(20)23/h14,18,21H,6-13H2,1-5H3,(H,19,23). The molecule has 1 heterocycles. The number of amides is 3. The van der Waals surface area contributed by atoms with E-state index in [0.717, 1.165) is 11.3 Å². The number of nitrogens with zero attached hydrogens (tertiary/aromatic N) is 1. The summed E-state index contributed by atoms with van der Waals surface area (Å²) in [6, 6.07) is 0.220. The van der Waals surface area contributed by atoms with Gasteiger partial charge in [0, 0.05) is 32.4 Å². The largest absolute Gasteiger partial charge is 0.500 e. The van der Waals surface area contributed by atoms with Gasteiger partial charge in [-0.3, -0.25) is 9.69 Å². The first kappa shape index (κ1) is 24.0. The number of carbonyl (C=O) groups is 2. The zero-order chi connectivity index (χ0) is 20.5. The van der Waals surface area contributed by atoms with Gasteiger partial charge in [0.2, 0.25) is 0 Å². The molecule has 0 radical (unpaired) electrons. The number of hydrogen-bond donors (Lipinski definition) is 3. The maximum absolute atomic E-state index is 12.1. The summed E-state index contributed by atoms with van der Waals surface area (Å²) < 4.78 is 17.4. The van der Waals surface area contributed by atoms with Gasteiger partial charge in [0.1, 0.15) is 5.54 Å². The SMILES string of the molecule is CCO[Si](CCCNCC(O)CN1C(=O)NC(C)(C)C1=O)(OCC)OCC. The van der Waals surface area contributed by atoms with Gasteiger partial charge in [0.05, 0.1) is 12.6 Å². The maximum atomic E-state index is 12.1. The fourth-order valence-corrected chi connectivity index (χ4v) is 5.57. The average Bonchev–Trinajstić information content (AvgIpc) is 2.77. The van der Waals surface area contributed by atoms with Crippen molar-refractivity contribution < 1.29 is 28.0 Å². The zero-order valence-corrected chi connectivity index (χ0v) is 18.2. The Morgan fingerprint density at radius 1 is 1.15 bits per heavy atom. The predicted octanol–water partition coefficient (Wildman–Crippen LogP) is 0.706. The van der Waals surface area contributed by atoms with Gasteiger partial charge in [-0.2, -0.15) is 0 Å². The summed E-state index contributed by atoms with van der Waals surface area (Å²) in [7, 11) is -2.64. The van der Waals surface area contributed by atoms with Crippen LogP contribution in [0.4, 0.5) is 4.79 Å². The molecule has 0 aromatic rings. The van der Waals surface area contributed by atoms with Crippen molar-refractivity contribution in [3.05, 3.63) is 0 Å². The molecule has 0 saturated carbocycles. The molecule has 0 aromatic heterocycles. The summed E-state index contributed by atoms with van der Waals surface area (Å²) in [6.07, 6.45) is -0.0592. The Balaban J connectivity index is 2.36. The van der Waals surface area contributed by atoms with Crippen LogP contribution in [0.1, 0.15) is 41.0 Å². The van der Waals surface area contributed by atoms with Crippen LogP contribution in [0, 0.1) is 0 Å². The molecule has 1 unspecified atom stereocenters. The van der Waals surface area contributed by atoms with E-state index in [1.54, 1.807) is 13.8 Å². The van der Waals surface area contributed by atoms with E-state index in [2.05, 4.69) is 10.6 Å². The molecule has 0 aromatic carbocycles. The Bertz CT molecular complexity index is 474. The van der Waals surface area contributed by atoms with E-state index in [1.807, 2.05) is 20.8 Å². The highest BCUT2D eigenvalue weighted by molar-refractivity contribution is 6.60. The molecule has 1 aliphatic rings. The third kappa shape index (κ3) is 7.13. The zero-order valence-electron chi connectivity index (χ0n) is 17.2. The monoisotopic (exact) mass is 405 g/mol. The molecule has 158 valence electrons.